The summed E-state index contributed by atoms with van der Waals surface area (Å²) in [5.74, 6) is 2.44. The number of carbonyl (C=O) groups is 1. The fourth-order valence-electron chi connectivity index (χ4n) is 6.85. The molecule has 0 N–H and O–H groups in total. The van der Waals surface area contributed by atoms with Crippen molar-refractivity contribution in [3.05, 3.63) is 34.6 Å². The average molecular weight is 391 g/mol. The van der Waals surface area contributed by atoms with Crippen molar-refractivity contribution in [3.8, 4) is 0 Å². The van der Waals surface area contributed by atoms with Gasteiger partial charge in [-0.25, -0.2) is 4.39 Å². The summed E-state index contributed by atoms with van der Waals surface area (Å²) in [6, 6.07) is 4.60. The molecule has 1 aromatic carbocycles. The highest BCUT2D eigenvalue weighted by Gasteiger charge is 2.53. The van der Waals surface area contributed by atoms with Crippen LogP contribution >= 0.6 is 11.6 Å². The van der Waals surface area contributed by atoms with Crippen molar-refractivity contribution in [3.63, 3.8) is 0 Å². The first kappa shape index (κ1) is 17.9. The molecular weight excluding hydrogens is 363 g/mol. The minimum Gasteiger partial charge on any atom is -0.340 e. The lowest BCUT2D eigenvalue weighted by Gasteiger charge is -2.61. The Balaban J connectivity index is 1.22. The van der Waals surface area contributed by atoms with Crippen molar-refractivity contribution >= 4 is 17.5 Å². The van der Waals surface area contributed by atoms with Gasteiger partial charge in [0, 0.05) is 42.3 Å². The summed E-state index contributed by atoms with van der Waals surface area (Å²) in [5, 5.41) is 0.343. The second-order valence-electron chi connectivity index (χ2n) is 9.39. The molecule has 1 amide bonds. The van der Waals surface area contributed by atoms with Gasteiger partial charge >= 0.3 is 0 Å². The standard InChI is InChI=1S/C22H28ClFN2O/c23-19-2-1-3-20(24)18(19)11-21(27)25-4-6-26(7-5-25)22-12-15-8-16(13-22)10-17(9-15)14-22/h1-3,15-17H,4-14H2. The molecule has 6 rings (SSSR count). The minimum atomic E-state index is -0.386. The summed E-state index contributed by atoms with van der Waals surface area (Å²) in [4.78, 5) is 17.3. The van der Waals surface area contributed by atoms with Gasteiger partial charge in [-0.05, 0) is 68.4 Å². The van der Waals surface area contributed by atoms with E-state index in [1.165, 1.54) is 44.6 Å². The Hall–Kier alpha value is -1.13. The summed E-state index contributed by atoms with van der Waals surface area (Å²) < 4.78 is 14.0. The van der Waals surface area contributed by atoms with Crippen LogP contribution in [0.4, 0.5) is 4.39 Å². The first-order chi connectivity index (χ1) is 13.0. The monoisotopic (exact) mass is 390 g/mol. The first-order valence-electron chi connectivity index (χ1n) is 10.5. The summed E-state index contributed by atoms with van der Waals surface area (Å²) in [6.07, 6.45) is 8.56. The van der Waals surface area contributed by atoms with E-state index in [4.69, 9.17) is 11.6 Å². The van der Waals surface area contributed by atoms with Crippen LogP contribution in [-0.2, 0) is 11.2 Å². The van der Waals surface area contributed by atoms with Gasteiger partial charge in [-0.3, -0.25) is 9.69 Å². The molecule has 4 aliphatic carbocycles. The third kappa shape index (κ3) is 3.19. The van der Waals surface area contributed by atoms with Crippen molar-refractivity contribution in [2.24, 2.45) is 17.8 Å². The van der Waals surface area contributed by atoms with Gasteiger partial charge in [0.2, 0.25) is 5.91 Å². The van der Waals surface area contributed by atoms with Gasteiger partial charge in [-0.15, -0.1) is 0 Å². The van der Waals surface area contributed by atoms with Crippen LogP contribution in [0.5, 0.6) is 0 Å². The molecular formula is C22H28ClFN2O. The predicted molar refractivity (Wildman–Crippen MR) is 104 cm³/mol. The van der Waals surface area contributed by atoms with E-state index < -0.39 is 0 Å². The molecule has 0 spiro atoms. The van der Waals surface area contributed by atoms with Crippen LogP contribution in [-0.4, -0.2) is 47.4 Å². The van der Waals surface area contributed by atoms with Crippen LogP contribution in [0.2, 0.25) is 5.02 Å². The highest BCUT2D eigenvalue weighted by Crippen LogP contribution is 2.57. The fraction of sp³-hybridized carbons (Fsp3) is 0.682. The lowest BCUT2D eigenvalue weighted by atomic mass is 9.52. The van der Waals surface area contributed by atoms with E-state index in [0.29, 0.717) is 16.1 Å². The molecule has 0 unspecified atom stereocenters. The molecule has 146 valence electrons. The molecule has 0 radical (unpaired) electrons. The third-order valence-electron chi connectivity index (χ3n) is 7.70. The van der Waals surface area contributed by atoms with Crippen molar-refractivity contribution in [1.82, 2.24) is 9.80 Å². The maximum absolute atomic E-state index is 14.0. The van der Waals surface area contributed by atoms with Crippen molar-refractivity contribution in [2.75, 3.05) is 26.2 Å². The molecule has 1 heterocycles. The number of rotatable bonds is 3. The number of nitrogens with zero attached hydrogens (tertiary/aromatic N) is 2. The van der Waals surface area contributed by atoms with E-state index in [0.717, 1.165) is 43.9 Å². The van der Waals surface area contributed by atoms with E-state index in [1.807, 2.05) is 4.90 Å². The quantitative estimate of drug-likeness (QED) is 0.774. The molecule has 0 atom stereocenters. The second kappa shape index (κ2) is 6.73. The highest BCUT2D eigenvalue weighted by molar-refractivity contribution is 6.31. The molecule has 27 heavy (non-hydrogen) atoms. The molecule has 3 nitrogen and oxygen atoms in total. The highest BCUT2D eigenvalue weighted by atomic mass is 35.5. The van der Waals surface area contributed by atoms with Crippen LogP contribution in [0.3, 0.4) is 0 Å². The molecule has 0 aromatic heterocycles. The van der Waals surface area contributed by atoms with Crippen molar-refractivity contribution in [1.29, 1.82) is 0 Å². The van der Waals surface area contributed by atoms with Crippen molar-refractivity contribution < 1.29 is 9.18 Å². The Labute approximate surface area is 165 Å². The summed E-state index contributed by atoms with van der Waals surface area (Å²) in [7, 11) is 0. The van der Waals surface area contributed by atoms with Crippen molar-refractivity contribution in [2.45, 2.75) is 50.5 Å². The van der Waals surface area contributed by atoms with Gasteiger partial charge in [-0.1, -0.05) is 17.7 Å². The molecule has 4 saturated carbocycles. The number of amides is 1. The largest absolute Gasteiger partial charge is 0.340 e. The molecule has 5 heteroatoms. The molecule has 1 aliphatic heterocycles. The number of piperazine rings is 1. The normalized spacial score (nSPS) is 35.6. The zero-order valence-corrected chi connectivity index (χ0v) is 16.6. The summed E-state index contributed by atoms with van der Waals surface area (Å²) in [5.41, 5.74) is 0.742. The van der Waals surface area contributed by atoms with E-state index in [2.05, 4.69) is 4.90 Å². The molecule has 1 saturated heterocycles. The van der Waals surface area contributed by atoms with Gasteiger partial charge in [0.1, 0.15) is 5.82 Å². The lowest BCUT2D eigenvalue weighted by molar-refractivity contribution is -0.137. The van der Waals surface area contributed by atoms with Gasteiger partial charge < -0.3 is 4.90 Å². The summed E-state index contributed by atoms with van der Waals surface area (Å²) in [6.45, 7) is 3.44. The number of benzene rings is 1. The number of carbonyl (C=O) groups excluding carboxylic acids is 1. The fourth-order valence-corrected chi connectivity index (χ4v) is 7.08. The van der Waals surface area contributed by atoms with Crippen LogP contribution in [0.15, 0.2) is 18.2 Å². The predicted octanol–water partition coefficient (Wildman–Crippen LogP) is 4.13. The molecule has 1 aromatic rings. The van der Waals surface area contributed by atoms with E-state index in [-0.39, 0.29) is 18.1 Å². The van der Waals surface area contributed by atoms with Crippen LogP contribution < -0.4 is 0 Å². The van der Waals surface area contributed by atoms with Crippen LogP contribution in [0, 0.1) is 23.6 Å². The topological polar surface area (TPSA) is 23.6 Å². The second-order valence-corrected chi connectivity index (χ2v) is 9.79. The van der Waals surface area contributed by atoms with Gasteiger partial charge in [0.25, 0.3) is 0 Å². The Bertz CT molecular complexity index is 688. The van der Waals surface area contributed by atoms with Crippen LogP contribution in [0.1, 0.15) is 44.1 Å². The number of hydrogen-bond donors (Lipinski definition) is 0. The Morgan fingerprint density at radius 1 is 1.04 bits per heavy atom. The number of hydrogen-bond acceptors (Lipinski definition) is 2. The third-order valence-corrected chi connectivity index (χ3v) is 8.05. The Morgan fingerprint density at radius 2 is 1.63 bits per heavy atom. The smallest absolute Gasteiger partial charge is 0.227 e. The Morgan fingerprint density at radius 3 is 2.19 bits per heavy atom. The zero-order chi connectivity index (χ0) is 18.6. The van der Waals surface area contributed by atoms with E-state index in [1.54, 1.807) is 12.1 Å². The Kier molecular flexibility index (Phi) is 4.47. The molecule has 5 aliphatic rings. The maximum atomic E-state index is 14.0. The first-order valence-corrected chi connectivity index (χ1v) is 10.9. The van der Waals surface area contributed by atoms with Gasteiger partial charge in [0.05, 0.1) is 6.42 Å². The maximum Gasteiger partial charge on any atom is 0.227 e. The minimum absolute atomic E-state index is 0.00726. The van der Waals surface area contributed by atoms with E-state index >= 15 is 0 Å². The van der Waals surface area contributed by atoms with Gasteiger partial charge in [-0.2, -0.15) is 0 Å². The average Bonchev–Trinajstić information content (AvgIpc) is 2.64. The molecule has 4 bridgehead atoms. The van der Waals surface area contributed by atoms with Gasteiger partial charge in [0.15, 0.2) is 0 Å². The SMILES string of the molecule is O=C(Cc1c(F)cccc1Cl)N1CCN(C23CC4CC(CC(C4)C2)C3)CC1. The summed E-state index contributed by atoms with van der Waals surface area (Å²) >= 11 is 6.09. The number of halogens is 2. The van der Waals surface area contributed by atoms with E-state index in [9.17, 15) is 9.18 Å². The zero-order valence-electron chi connectivity index (χ0n) is 15.8. The lowest BCUT2D eigenvalue weighted by Crippen LogP contribution is -2.64. The van der Waals surface area contributed by atoms with Crippen LogP contribution in [0.25, 0.3) is 0 Å². The molecule has 5 fully saturated rings.